The molecule has 1 aliphatic heterocycles. The first kappa shape index (κ1) is 22.2. The minimum atomic E-state index is -0.638. The number of aromatic hydroxyl groups is 1. The molecule has 5 N–H and O–H groups in total. The Labute approximate surface area is 180 Å². The van der Waals surface area contributed by atoms with Gasteiger partial charge in [-0.25, -0.2) is 4.39 Å². The maximum atomic E-state index is 14.8. The van der Waals surface area contributed by atoms with Gasteiger partial charge in [0.2, 0.25) is 5.13 Å². The van der Waals surface area contributed by atoms with Gasteiger partial charge >= 0.3 is 0 Å². The first-order valence-corrected chi connectivity index (χ1v) is 10.6. The molecular weight excluding hydrogens is 403 g/mol. The van der Waals surface area contributed by atoms with Crippen molar-refractivity contribution < 1.29 is 9.50 Å². The molecule has 0 aliphatic carbocycles. The summed E-state index contributed by atoms with van der Waals surface area (Å²) in [6.07, 6.45) is 4.08. The maximum absolute atomic E-state index is 14.8. The quantitative estimate of drug-likeness (QED) is 0.536. The lowest BCUT2D eigenvalue weighted by molar-refractivity contribution is 0.161. The van der Waals surface area contributed by atoms with Crippen molar-refractivity contribution in [1.82, 2.24) is 15.5 Å². The van der Waals surface area contributed by atoms with E-state index in [9.17, 15) is 9.50 Å². The van der Waals surface area contributed by atoms with Crippen LogP contribution in [0.1, 0.15) is 46.1 Å². The number of nitrogens with zero attached hydrogens (tertiary/aromatic N) is 3. The molecule has 162 valence electrons. The fourth-order valence-electron chi connectivity index (χ4n) is 4.36. The highest BCUT2D eigenvalue weighted by molar-refractivity contribution is 7.18. The Hall–Kier alpha value is -2.52. The van der Waals surface area contributed by atoms with E-state index in [1.165, 1.54) is 29.7 Å². The third kappa shape index (κ3) is 4.46. The molecule has 3 rings (SSSR count). The van der Waals surface area contributed by atoms with E-state index in [1.54, 1.807) is 0 Å². The van der Waals surface area contributed by atoms with Crippen LogP contribution in [0.2, 0.25) is 0 Å². The predicted octanol–water partition coefficient (Wildman–Crippen LogP) is 3.74. The molecule has 1 saturated heterocycles. The number of halogens is 1. The van der Waals surface area contributed by atoms with Crippen LogP contribution in [0, 0.1) is 11.2 Å². The van der Waals surface area contributed by atoms with Crippen LogP contribution in [-0.4, -0.2) is 45.7 Å². The summed E-state index contributed by atoms with van der Waals surface area (Å²) in [4.78, 5) is 2.10. The van der Waals surface area contributed by atoms with Gasteiger partial charge < -0.3 is 26.5 Å². The zero-order valence-electron chi connectivity index (χ0n) is 18.0. The van der Waals surface area contributed by atoms with E-state index in [4.69, 9.17) is 11.1 Å². The van der Waals surface area contributed by atoms with Crippen molar-refractivity contribution in [3.8, 4) is 16.3 Å². The molecule has 1 aromatic heterocycles. The Morgan fingerprint density at radius 2 is 1.93 bits per heavy atom. The van der Waals surface area contributed by atoms with Gasteiger partial charge in [-0.2, -0.15) is 0 Å². The van der Waals surface area contributed by atoms with Gasteiger partial charge in [-0.05, 0) is 58.2 Å². The van der Waals surface area contributed by atoms with Gasteiger partial charge in [-0.1, -0.05) is 11.3 Å². The van der Waals surface area contributed by atoms with E-state index < -0.39 is 5.82 Å². The maximum Gasteiger partial charge on any atom is 0.208 e. The Bertz CT molecular complexity index is 945. The lowest BCUT2D eigenvalue weighted by Gasteiger charge is -2.48. The van der Waals surface area contributed by atoms with Gasteiger partial charge in [-0.15, -0.1) is 10.2 Å². The second-order valence-corrected chi connectivity index (χ2v) is 10.0. The summed E-state index contributed by atoms with van der Waals surface area (Å²) in [6, 6.07) is 2.87. The molecular formula is C21H29FN6OS. The highest BCUT2D eigenvalue weighted by atomic mass is 32.1. The van der Waals surface area contributed by atoms with Crippen LogP contribution in [0.4, 0.5) is 9.52 Å². The molecule has 1 fully saturated rings. The average Bonchev–Trinajstić information content (AvgIpc) is 3.08. The van der Waals surface area contributed by atoms with Crippen molar-refractivity contribution in [3.63, 3.8) is 0 Å². The number of benzene rings is 1. The van der Waals surface area contributed by atoms with Gasteiger partial charge in [0.25, 0.3) is 0 Å². The predicted molar refractivity (Wildman–Crippen MR) is 121 cm³/mol. The Morgan fingerprint density at radius 1 is 1.30 bits per heavy atom. The van der Waals surface area contributed by atoms with E-state index in [0.29, 0.717) is 21.3 Å². The number of nitrogens with one attached hydrogen (secondary N) is 2. The first-order valence-electron chi connectivity index (χ1n) is 9.77. The minimum Gasteiger partial charge on any atom is -0.507 e. The van der Waals surface area contributed by atoms with Crippen LogP contribution in [0.25, 0.3) is 16.1 Å². The molecule has 2 aromatic rings. The Morgan fingerprint density at radius 3 is 2.47 bits per heavy atom. The summed E-state index contributed by atoms with van der Waals surface area (Å²) < 4.78 is 14.8. The molecule has 30 heavy (non-hydrogen) atoms. The van der Waals surface area contributed by atoms with Gasteiger partial charge in [0.1, 0.15) is 11.6 Å². The second kappa shape index (κ2) is 7.96. The molecule has 2 heterocycles. The normalized spacial score (nSPS) is 18.9. The van der Waals surface area contributed by atoms with Crippen molar-refractivity contribution in [2.75, 3.05) is 11.9 Å². The van der Waals surface area contributed by atoms with E-state index in [1.807, 2.05) is 7.05 Å². The minimum absolute atomic E-state index is 0.00298. The summed E-state index contributed by atoms with van der Waals surface area (Å²) in [7, 11) is 1.98. The van der Waals surface area contributed by atoms with E-state index >= 15 is 0 Å². The molecule has 1 aromatic carbocycles. The van der Waals surface area contributed by atoms with E-state index in [0.717, 1.165) is 19.1 Å². The van der Waals surface area contributed by atoms with Crippen LogP contribution in [-0.2, 0) is 0 Å². The second-order valence-electron chi connectivity index (χ2n) is 9.07. The standard InChI is InChI=1S/C21H29FN6OS/c1-20(2)8-14(9-21(3,4)27-20)28(5)19-26-25-18(30-19)17-15(22)6-12(7-16(17)29)13(10-23)11-24/h6-7,10-11,14,23,27,29H,8-9,24H2,1-5H3/b13-11+,23-10?. The number of nitrogens with two attached hydrogens (primary N) is 1. The topological polar surface area (TPSA) is 111 Å². The van der Waals surface area contributed by atoms with Crippen molar-refractivity contribution in [2.45, 2.75) is 57.7 Å². The summed E-state index contributed by atoms with van der Waals surface area (Å²) in [5.74, 6) is -0.902. The molecule has 0 spiro atoms. The zero-order chi connectivity index (χ0) is 22.3. The lowest BCUT2D eigenvalue weighted by atomic mass is 9.79. The van der Waals surface area contributed by atoms with Crippen molar-refractivity contribution in [2.24, 2.45) is 5.73 Å². The van der Waals surface area contributed by atoms with Gasteiger partial charge in [0.05, 0.1) is 5.56 Å². The summed E-state index contributed by atoms with van der Waals surface area (Å²) in [5.41, 5.74) is 6.07. The Kier molecular flexibility index (Phi) is 5.88. The molecule has 1 aliphatic rings. The van der Waals surface area contributed by atoms with Crippen LogP contribution in [0.15, 0.2) is 18.3 Å². The number of anilines is 1. The van der Waals surface area contributed by atoms with E-state index in [-0.39, 0.29) is 28.4 Å². The lowest BCUT2D eigenvalue weighted by Crippen LogP contribution is -2.61. The van der Waals surface area contributed by atoms with Gasteiger partial charge in [-0.3, -0.25) is 0 Å². The van der Waals surface area contributed by atoms with Crippen LogP contribution < -0.4 is 16.0 Å². The molecule has 9 heteroatoms. The summed E-state index contributed by atoms with van der Waals surface area (Å²) in [5, 5.41) is 30.8. The SMILES string of the molecule is CN(c1nnc(-c2c(O)cc(/C(C=N)=C/N)cc2F)s1)C1CC(C)(C)NC(C)(C)C1. The van der Waals surface area contributed by atoms with Crippen LogP contribution in [0.5, 0.6) is 5.75 Å². The number of hydrogen-bond acceptors (Lipinski definition) is 8. The first-order chi connectivity index (χ1) is 14.0. The number of hydrogen-bond donors (Lipinski definition) is 4. The Balaban J connectivity index is 1.90. The molecule has 0 saturated carbocycles. The largest absolute Gasteiger partial charge is 0.507 e. The number of phenolic OH excluding ortho intramolecular Hbond substituents is 1. The fourth-order valence-corrected chi connectivity index (χ4v) is 5.29. The third-order valence-corrected chi connectivity index (χ3v) is 6.42. The van der Waals surface area contributed by atoms with Crippen LogP contribution >= 0.6 is 11.3 Å². The number of aromatic nitrogens is 2. The highest BCUT2D eigenvalue weighted by Crippen LogP contribution is 2.39. The average molecular weight is 433 g/mol. The fraction of sp³-hybridized carbons (Fsp3) is 0.476. The summed E-state index contributed by atoms with van der Waals surface area (Å²) >= 11 is 1.24. The summed E-state index contributed by atoms with van der Waals surface area (Å²) in [6.45, 7) is 8.75. The van der Waals surface area contributed by atoms with Gasteiger partial charge in [0.15, 0.2) is 5.01 Å². The van der Waals surface area contributed by atoms with Crippen molar-refractivity contribution in [1.29, 1.82) is 5.41 Å². The zero-order valence-corrected chi connectivity index (χ0v) is 18.8. The molecule has 7 nitrogen and oxygen atoms in total. The van der Waals surface area contributed by atoms with Gasteiger partial charge in [0, 0.05) is 42.2 Å². The number of allylic oxidation sites excluding steroid dienone is 1. The monoisotopic (exact) mass is 432 g/mol. The highest BCUT2D eigenvalue weighted by Gasteiger charge is 2.39. The molecule has 0 atom stereocenters. The number of rotatable bonds is 5. The number of phenols is 1. The molecule has 0 amide bonds. The van der Waals surface area contributed by atoms with Crippen molar-refractivity contribution >= 4 is 28.3 Å². The smallest absolute Gasteiger partial charge is 0.208 e. The van der Waals surface area contributed by atoms with Crippen LogP contribution in [0.3, 0.4) is 0 Å². The molecule has 0 radical (unpaired) electrons. The van der Waals surface area contributed by atoms with E-state index in [2.05, 4.69) is 48.1 Å². The third-order valence-electron chi connectivity index (χ3n) is 5.38. The van der Waals surface area contributed by atoms with Crippen molar-refractivity contribution in [3.05, 3.63) is 29.7 Å². The number of piperidine rings is 1. The molecule has 0 bridgehead atoms. The molecule has 0 unspecified atom stereocenters.